The maximum absolute atomic E-state index is 13.0. The number of benzene rings is 2. The molecule has 0 aliphatic heterocycles. The molecule has 2 aromatic carbocycles. The van der Waals surface area contributed by atoms with E-state index >= 15 is 0 Å². The number of hydrogen-bond acceptors (Lipinski definition) is 3. The summed E-state index contributed by atoms with van der Waals surface area (Å²) in [7, 11) is 0. The highest BCUT2D eigenvalue weighted by atomic mass is 35.5. The van der Waals surface area contributed by atoms with Gasteiger partial charge in [0.05, 0.1) is 16.1 Å². The Morgan fingerprint density at radius 2 is 1.88 bits per heavy atom. The summed E-state index contributed by atoms with van der Waals surface area (Å²) in [6.07, 6.45) is -2.60. The Kier molecular flexibility index (Phi) is 4.81. The van der Waals surface area contributed by atoms with E-state index in [9.17, 15) is 13.2 Å². The molecule has 0 bridgehead atoms. The molecule has 3 nitrogen and oxygen atoms in total. The molecule has 1 N–H and O–H groups in total. The standard InChI is InChI=1S/C18H15ClF3N3/c1-11(8-12-6-7-15(19)14(9-12)18(20,21)22)25-17-13-4-2-3-5-16(13)23-10-24-17/h2-7,9-11H,8H2,1H3,(H,23,24,25). The van der Waals surface area contributed by atoms with E-state index in [2.05, 4.69) is 15.3 Å². The molecule has 0 fully saturated rings. The average Bonchev–Trinajstić information content (AvgIpc) is 2.56. The Bertz CT molecular complexity index is 891. The number of para-hydroxylation sites is 1. The van der Waals surface area contributed by atoms with Crippen LogP contribution >= 0.6 is 11.6 Å². The van der Waals surface area contributed by atoms with Crippen LogP contribution in [-0.4, -0.2) is 16.0 Å². The Morgan fingerprint density at radius 3 is 2.64 bits per heavy atom. The van der Waals surface area contributed by atoms with Crippen LogP contribution in [0.25, 0.3) is 10.9 Å². The zero-order valence-corrected chi connectivity index (χ0v) is 14.1. The quantitative estimate of drug-likeness (QED) is 0.677. The SMILES string of the molecule is CC(Cc1ccc(Cl)c(C(F)(F)F)c1)Nc1ncnc2ccccc12. The van der Waals surface area contributed by atoms with Gasteiger partial charge in [0.15, 0.2) is 0 Å². The van der Waals surface area contributed by atoms with Crippen molar-refractivity contribution < 1.29 is 13.2 Å². The van der Waals surface area contributed by atoms with Gasteiger partial charge in [-0.05, 0) is 43.2 Å². The van der Waals surface area contributed by atoms with Gasteiger partial charge in [0, 0.05) is 11.4 Å². The molecule has 7 heteroatoms. The summed E-state index contributed by atoms with van der Waals surface area (Å²) in [6, 6.07) is 11.4. The Balaban J connectivity index is 1.80. The van der Waals surface area contributed by atoms with E-state index < -0.39 is 11.7 Å². The van der Waals surface area contributed by atoms with Crippen LogP contribution in [0.5, 0.6) is 0 Å². The fourth-order valence-corrected chi connectivity index (χ4v) is 2.90. The lowest BCUT2D eigenvalue weighted by Gasteiger charge is -2.17. The number of nitrogens with zero attached hydrogens (tertiary/aromatic N) is 2. The first kappa shape index (κ1) is 17.5. The molecule has 3 aromatic rings. The molecule has 0 amide bonds. The summed E-state index contributed by atoms with van der Waals surface area (Å²) in [5, 5.41) is 3.81. The molecule has 3 rings (SSSR count). The molecule has 0 spiro atoms. The number of hydrogen-bond donors (Lipinski definition) is 1. The second kappa shape index (κ2) is 6.88. The number of halogens is 4. The average molecular weight is 366 g/mol. The predicted molar refractivity (Wildman–Crippen MR) is 92.8 cm³/mol. The smallest absolute Gasteiger partial charge is 0.367 e. The van der Waals surface area contributed by atoms with Gasteiger partial charge in [-0.2, -0.15) is 13.2 Å². The van der Waals surface area contributed by atoms with Crippen molar-refractivity contribution in [3.05, 3.63) is 64.9 Å². The van der Waals surface area contributed by atoms with Gasteiger partial charge in [0.25, 0.3) is 0 Å². The Morgan fingerprint density at radius 1 is 1.12 bits per heavy atom. The summed E-state index contributed by atoms with van der Waals surface area (Å²) < 4.78 is 38.9. The van der Waals surface area contributed by atoms with Crippen molar-refractivity contribution in [2.24, 2.45) is 0 Å². The van der Waals surface area contributed by atoms with Crippen molar-refractivity contribution in [1.82, 2.24) is 9.97 Å². The molecule has 0 saturated carbocycles. The molecule has 0 saturated heterocycles. The third-order valence-electron chi connectivity index (χ3n) is 3.80. The second-order valence-electron chi connectivity index (χ2n) is 5.80. The van der Waals surface area contributed by atoms with E-state index in [1.165, 1.54) is 12.4 Å². The van der Waals surface area contributed by atoms with Gasteiger partial charge >= 0.3 is 6.18 Å². The van der Waals surface area contributed by atoms with Crippen LogP contribution < -0.4 is 5.32 Å². The fraction of sp³-hybridized carbons (Fsp3) is 0.222. The highest BCUT2D eigenvalue weighted by Gasteiger charge is 2.33. The van der Waals surface area contributed by atoms with E-state index in [1.807, 2.05) is 31.2 Å². The summed E-state index contributed by atoms with van der Waals surface area (Å²) in [6.45, 7) is 1.89. The number of alkyl halides is 3. The Labute approximate surface area is 147 Å². The second-order valence-corrected chi connectivity index (χ2v) is 6.21. The lowest BCUT2D eigenvalue weighted by atomic mass is 10.0. The summed E-state index contributed by atoms with van der Waals surface area (Å²) in [5.41, 5.74) is 0.541. The summed E-state index contributed by atoms with van der Waals surface area (Å²) in [4.78, 5) is 8.43. The first-order chi connectivity index (χ1) is 11.8. The Hall–Kier alpha value is -2.34. The van der Waals surface area contributed by atoms with E-state index in [0.29, 0.717) is 17.8 Å². The minimum absolute atomic E-state index is 0.124. The normalized spacial score (nSPS) is 13.0. The van der Waals surface area contributed by atoms with Crippen LogP contribution in [0.3, 0.4) is 0 Å². The van der Waals surface area contributed by atoms with Crippen molar-refractivity contribution in [1.29, 1.82) is 0 Å². The van der Waals surface area contributed by atoms with Crippen LogP contribution in [0.2, 0.25) is 5.02 Å². The highest BCUT2D eigenvalue weighted by molar-refractivity contribution is 6.31. The third kappa shape index (κ3) is 4.02. The largest absolute Gasteiger partial charge is 0.417 e. The maximum Gasteiger partial charge on any atom is 0.417 e. The molecule has 0 aliphatic rings. The number of rotatable bonds is 4. The highest BCUT2D eigenvalue weighted by Crippen LogP contribution is 2.35. The van der Waals surface area contributed by atoms with Crippen molar-refractivity contribution in [2.45, 2.75) is 25.6 Å². The molecule has 130 valence electrons. The van der Waals surface area contributed by atoms with E-state index in [4.69, 9.17) is 11.6 Å². The van der Waals surface area contributed by atoms with Gasteiger partial charge in [0.1, 0.15) is 12.1 Å². The van der Waals surface area contributed by atoms with Gasteiger partial charge < -0.3 is 5.32 Å². The van der Waals surface area contributed by atoms with Gasteiger partial charge in [-0.3, -0.25) is 0 Å². The van der Waals surface area contributed by atoms with Gasteiger partial charge in [-0.1, -0.05) is 29.8 Å². The molecule has 1 unspecified atom stereocenters. The molecule has 1 atom stereocenters. The van der Waals surface area contributed by atoms with Crippen molar-refractivity contribution in [3.8, 4) is 0 Å². The minimum atomic E-state index is -4.47. The van der Waals surface area contributed by atoms with E-state index in [0.717, 1.165) is 17.0 Å². The van der Waals surface area contributed by atoms with Crippen LogP contribution in [0, 0.1) is 0 Å². The molecule has 25 heavy (non-hydrogen) atoms. The molecule has 1 aromatic heterocycles. The third-order valence-corrected chi connectivity index (χ3v) is 4.13. The number of anilines is 1. The van der Waals surface area contributed by atoms with Gasteiger partial charge in [-0.15, -0.1) is 0 Å². The lowest BCUT2D eigenvalue weighted by molar-refractivity contribution is -0.137. The minimum Gasteiger partial charge on any atom is -0.367 e. The van der Waals surface area contributed by atoms with Crippen molar-refractivity contribution in [3.63, 3.8) is 0 Å². The van der Waals surface area contributed by atoms with Gasteiger partial charge in [-0.25, -0.2) is 9.97 Å². The predicted octanol–water partition coefficient (Wildman–Crippen LogP) is 5.35. The van der Waals surface area contributed by atoms with Crippen molar-refractivity contribution in [2.75, 3.05) is 5.32 Å². The van der Waals surface area contributed by atoms with Crippen LogP contribution in [0.15, 0.2) is 48.8 Å². The number of aromatic nitrogens is 2. The molecule has 1 heterocycles. The molecular formula is C18H15ClF3N3. The fourth-order valence-electron chi connectivity index (χ4n) is 2.67. The first-order valence-corrected chi connectivity index (χ1v) is 8.04. The van der Waals surface area contributed by atoms with Crippen LogP contribution in [0.1, 0.15) is 18.1 Å². The first-order valence-electron chi connectivity index (χ1n) is 7.66. The maximum atomic E-state index is 13.0. The van der Waals surface area contributed by atoms with Crippen LogP contribution in [-0.2, 0) is 12.6 Å². The topological polar surface area (TPSA) is 37.8 Å². The molecule has 0 aliphatic carbocycles. The van der Waals surface area contributed by atoms with E-state index in [-0.39, 0.29) is 11.1 Å². The number of fused-ring (bicyclic) bond motifs is 1. The summed E-state index contributed by atoms with van der Waals surface area (Å²) in [5.74, 6) is 0.656. The lowest BCUT2D eigenvalue weighted by Crippen LogP contribution is -2.19. The van der Waals surface area contributed by atoms with Gasteiger partial charge in [0.2, 0.25) is 0 Å². The van der Waals surface area contributed by atoms with Crippen molar-refractivity contribution >= 4 is 28.3 Å². The van der Waals surface area contributed by atoms with Crippen LogP contribution in [0.4, 0.5) is 19.0 Å². The summed E-state index contributed by atoms with van der Waals surface area (Å²) >= 11 is 5.66. The molecular weight excluding hydrogens is 351 g/mol. The zero-order chi connectivity index (χ0) is 18.0. The zero-order valence-electron chi connectivity index (χ0n) is 13.3. The monoisotopic (exact) mass is 365 g/mol. The molecule has 0 radical (unpaired) electrons. The number of nitrogens with one attached hydrogen (secondary N) is 1. The van der Waals surface area contributed by atoms with E-state index in [1.54, 1.807) is 6.07 Å².